The molecule has 1 saturated heterocycles. The first-order valence-electron chi connectivity index (χ1n) is 6.70. The smallest absolute Gasteiger partial charge is 0.335 e. The maximum absolute atomic E-state index is 12.1. The van der Waals surface area contributed by atoms with E-state index in [-0.39, 0.29) is 23.8 Å². The molecule has 7 nitrogen and oxygen atoms in total. The van der Waals surface area contributed by atoms with E-state index in [2.05, 4.69) is 10.3 Å². The molecule has 2 aliphatic rings. The highest BCUT2D eigenvalue weighted by Gasteiger charge is 2.40. The van der Waals surface area contributed by atoms with Gasteiger partial charge in [0.05, 0.1) is 12.1 Å². The number of amidine groups is 1. The zero-order chi connectivity index (χ0) is 15.7. The predicted molar refractivity (Wildman–Crippen MR) is 82.0 cm³/mol. The fourth-order valence-electron chi connectivity index (χ4n) is 2.29. The van der Waals surface area contributed by atoms with Crippen molar-refractivity contribution in [3.63, 3.8) is 0 Å². The molecule has 0 saturated carbocycles. The molecule has 22 heavy (non-hydrogen) atoms. The van der Waals surface area contributed by atoms with Crippen LogP contribution in [0.2, 0.25) is 0 Å². The first-order chi connectivity index (χ1) is 10.5. The van der Waals surface area contributed by atoms with Crippen molar-refractivity contribution in [2.75, 3.05) is 18.4 Å². The van der Waals surface area contributed by atoms with Crippen LogP contribution in [0.5, 0.6) is 0 Å². The van der Waals surface area contributed by atoms with Crippen molar-refractivity contribution in [1.82, 2.24) is 4.90 Å². The van der Waals surface area contributed by atoms with E-state index in [1.165, 1.54) is 36.0 Å². The zero-order valence-electron chi connectivity index (χ0n) is 11.5. The lowest BCUT2D eigenvalue weighted by atomic mass is 10.2. The second-order valence-electron chi connectivity index (χ2n) is 4.90. The van der Waals surface area contributed by atoms with Gasteiger partial charge in [0.25, 0.3) is 0 Å². The summed E-state index contributed by atoms with van der Waals surface area (Å²) in [6.07, 6.45) is 0.0691. The number of carbonyl (C=O) groups excluding carboxylic acids is 2. The number of carbonyl (C=O) groups is 3. The fourth-order valence-corrected chi connectivity index (χ4v) is 3.48. The van der Waals surface area contributed by atoms with E-state index in [4.69, 9.17) is 5.11 Å². The Bertz CT molecular complexity index is 671. The highest BCUT2D eigenvalue weighted by molar-refractivity contribution is 8.15. The number of benzene rings is 1. The SMILES string of the molecule is O=C(C[C@H]1SC2=NCCN2C1=O)Nc1ccc(C(=O)O)cc1. The number of anilines is 1. The molecule has 2 aliphatic heterocycles. The predicted octanol–water partition coefficient (Wildman–Crippen LogP) is 1.03. The van der Waals surface area contributed by atoms with Crippen LogP contribution in [-0.4, -0.2) is 51.3 Å². The summed E-state index contributed by atoms with van der Waals surface area (Å²) in [7, 11) is 0. The number of fused-ring (bicyclic) bond motifs is 1. The molecule has 0 aliphatic carbocycles. The zero-order valence-corrected chi connectivity index (χ0v) is 12.3. The molecular weight excluding hydrogens is 306 g/mol. The van der Waals surface area contributed by atoms with Crippen LogP contribution >= 0.6 is 11.8 Å². The van der Waals surface area contributed by atoms with Crippen LogP contribution < -0.4 is 5.32 Å². The van der Waals surface area contributed by atoms with Crippen molar-refractivity contribution < 1.29 is 19.5 Å². The lowest BCUT2D eigenvalue weighted by Crippen LogP contribution is -2.32. The van der Waals surface area contributed by atoms with Crippen molar-refractivity contribution in [2.24, 2.45) is 4.99 Å². The Balaban J connectivity index is 1.59. The Labute approximate surface area is 130 Å². The molecule has 2 heterocycles. The molecule has 0 aromatic heterocycles. The van der Waals surface area contributed by atoms with Gasteiger partial charge in [0.2, 0.25) is 11.8 Å². The van der Waals surface area contributed by atoms with Gasteiger partial charge < -0.3 is 10.4 Å². The van der Waals surface area contributed by atoms with Crippen LogP contribution in [0.1, 0.15) is 16.8 Å². The molecule has 2 N–H and O–H groups in total. The van der Waals surface area contributed by atoms with E-state index in [0.717, 1.165) is 0 Å². The number of nitrogens with one attached hydrogen (secondary N) is 1. The van der Waals surface area contributed by atoms with E-state index >= 15 is 0 Å². The normalized spacial score (nSPS) is 19.8. The number of carboxylic acid groups (broad SMARTS) is 1. The van der Waals surface area contributed by atoms with Crippen molar-refractivity contribution in [1.29, 1.82) is 0 Å². The maximum Gasteiger partial charge on any atom is 0.335 e. The number of hydrogen-bond acceptors (Lipinski definition) is 5. The number of aromatic carboxylic acids is 1. The summed E-state index contributed by atoms with van der Waals surface area (Å²) in [6.45, 7) is 1.22. The molecule has 1 atom stereocenters. The number of rotatable bonds is 4. The van der Waals surface area contributed by atoms with Crippen LogP contribution in [0.4, 0.5) is 5.69 Å². The summed E-state index contributed by atoms with van der Waals surface area (Å²) in [5.74, 6) is -1.37. The van der Waals surface area contributed by atoms with E-state index in [9.17, 15) is 14.4 Å². The van der Waals surface area contributed by atoms with Gasteiger partial charge in [-0.05, 0) is 24.3 Å². The Morgan fingerprint density at radius 3 is 2.73 bits per heavy atom. The molecule has 0 unspecified atom stereocenters. The Hall–Kier alpha value is -2.35. The van der Waals surface area contributed by atoms with E-state index in [1.54, 1.807) is 4.90 Å². The Morgan fingerprint density at radius 1 is 1.36 bits per heavy atom. The minimum Gasteiger partial charge on any atom is -0.478 e. The summed E-state index contributed by atoms with van der Waals surface area (Å²) in [5.41, 5.74) is 0.654. The lowest BCUT2D eigenvalue weighted by Gasteiger charge is -2.10. The monoisotopic (exact) mass is 319 g/mol. The highest BCUT2D eigenvalue weighted by atomic mass is 32.2. The third-order valence-electron chi connectivity index (χ3n) is 3.38. The molecular formula is C14H13N3O4S. The molecule has 1 aromatic carbocycles. The quantitative estimate of drug-likeness (QED) is 0.863. The number of carboxylic acids is 1. The summed E-state index contributed by atoms with van der Waals surface area (Å²) < 4.78 is 0. The van der Waals surface area contributed by atoms with Gasteiger partial charge in [0.15, 0.2) is 5.17 Å². The van der Waals surface area contributed by atoms with Gasteiger partial charge in [-0.15, -0.1) is 0 Å². The molecule has 1 fully saturated rings. The van der Waals surface area contributed by atoms with Crippen molar-refractivity contribution in [3.05, 3.63) is 29.8 Å². The molecule has 0 bridgehead atoms. The largest absolute Gasteiger partial charge is 0.478 e. The van der Waals surface area contributed by atoms with Crippen LogP contribution in [-0.2, 0) is 9.59 Å². The number of thioether (sulfide) groups is 1. The topological polar surface area (TPSA) is 99.1 Å². The second-order valence-corrected chi connectivity index (χ2v) is 6.07. The minimum atomic E-state index is -1.02. The second kappa shape index (κ2) is 5.80. The number of amides is 2. The highest BCUT2D eigenvalue weighted by Crippen LogP contribution is 2.31. The van der Waals surface area contributed by atoms with Crippen LogP contribution in [0.15, 0.2) is 29.3 Å². The lowest BCUT2D eigenvalue weighted by molar-refractivity contribution is -0.127. The summed E-state index contributed by atoms with van der Waals surface area (Å²) in [5, 5.41) is 11.7. The Morgan fingerprint density at radius 2 is 2.09 bits per heavy atom. The van der Waals surface area contributed by atoms with Gasteiger partial charge in [-0.3, -0.25) is 19.5 Å². The fraction of sp³-hybridized carbons (Fsp3) is 0.286. The first kappa shape index (κ1) is 14.6. The minimum absolute atomic E-state index is 0.0691. The van der Waals surface area contributed by atoms with Crippen molar-refractivity contribution >= 4 is 40.4 Å². The number of nitrogens with zero attached hydrogens (tertiary/aromatic N) is 2. The average molecular weight is 319 g/mol. The van der Waals surface area contributed by atoms with Crippen molar-refractivity contribution in [3.8, 4) is 0 Å². The summed E-state index contributed by atoms with van der Waals surface area (Å²) >= 11 is 1.32. The standard InChI is InChI=1S/C14H13N3O4S/c18-11(16-9-3-1-8(2-4-9)13(20)21)7-10-12(19)17-6-5-15-14(17)22-10/h1-4,10H,5-7H2,(H,16,18)(H,20,21)/t10-/m1/s1. The maximum atomic E-state index is 12.1. The first-order valence-corrected chi connectivity index (χ1v) is 7.58. The molecule has 0 spiro atoms. The van der Waals surface area contributed by atoms with E-state index in [1.807, 2.05) is 0 Å². The van der Waals surface area contributed by atoms with Crippen molar-refractivity contribution in [2.45, 2.75) is 11.7 Å². The summed E-state index contributed by atoms with van der Waals surface area (Å²) in [6, 6.07) is 5.87. The van der Waals surface area contributed by atoms with Crippen LogP contribution in [0.25, 0.3) is 0 Å². The molecule has 3 rings (SSSR count). The number of hydrogen-bond donors (Lipinski definition) is 2. The third-order valence-corrected chi connectivity index (χ3v) is 4.59. The van der Waals surface area contributed by atoms with Gasteiger partial charge >= 0.3 is 5.97 Å². The average Bonchev–Trinajstić information content (AvgIpc) is 3.04. The number of aliphatic imine (C=N–C) groups is 1. The molecule has 8 heteroatoms. The van der Waals surface area contributed by atoms with Gasteiger partial charge in [-0.25, -0.2) is 4.79 Å². The third kappa shape index (κ3) is 2.82. The summed E-state index contributed by atoms with van der Waals surface area (Å²) in [4.78, 5) is 40.7. The van der Waals surface area contributed by atoms with E-state index < -0.39 is 11.2 Å². The van der Waals surface area contributed by atoms with E-state index in [0.29, 0.717) is 23.9 Å². The van der Waals surface area contributed by atoms with Gasteiger partial charge in [-0.1, -0.05) is 11.8 Å². The van der Waals surface area contributed by atoms with Crippen LogP contribution in [0.3, 0.4) is 0 Å². The molecule has 2 amide bonds. The van der Waals surface area contributed by atoms with Gasteiger partial charge in [-0.2, -0.15) is 0 Å². The molecule has 1 aromatic rings. The molecule has 0 radical (unpaired) electrons. The molecule has 114 valence electrons. The Kier molecular flexibility index (Phi) is 3.84. The van der Waals surface area contributed by atoms with Gasteiger partial charge in [0, 0.05) is 18.7 Å². The van der Waals surface area contributed by atoms with Gasteiger partial charge in [0.1, 0.15) is 5.25 Å². The van der Waals surface area contributed by atoms with Crippen LogP contribution in [0, 0.1) is 0 Å².